The highest BCUT2D eigenvalue weighted by Gasteiger charge is 2.32. The number of nitrogens with zero attached hydrogens (tertiary/aromatic N) is 2. The van der Waals surface area contributed by atoms with Crippen molar-refractivity contribution in [1.82, 2.24) is 10.6 Å². The lowest BCUT2D eigenvalue weighted by atomic mass is 10.0. The second-order valence-corrected chi connectivity index (χ2v) is 7.76. The molecule has 8 heteroatoms. The Morgan fingerprint density at radius 3 is 2.50 bits per heavy atom. The van der Waals surface area contributed by atoms with Crippen LogP contribution in [0.25, 0.3) is 0 Å². The van der Waals surface area contributed by atoms with Crippen molar-refractivity contribution in [2.24, 2.45) is 4.99 Å². The normalized spacial score (nSPS) is 16.8. The fourth-order valence-electron chi connectivity index (χ4n) is 3.18. The van der Waals surface area contributed by atoms with Crippen molar-refractivity contribution in [3.63, 3.8) is 0 Å². The summed E-state index contributed by atoms with van der Waals surface area (Å²) in [4.78, 5) is 43.7. The van der Waals surface area contributed by atoms with Crippen molar-refractivity contribution >= 4 is 40.9 Å². The highest BCUT2D eigenvalue weighted by atomic mass is 32.2. The number of thioether (sulfide) groups is 1. The molecular weight excluding hydrogens is 400 g/mol. The van der Waals surface area contributed by atoms with Crippen molar-refractivity contribution < 1.29 is 14.4 Å². The number of fused-ring (bicyclic) bond motifs is 1. The molecule has 0 aliphatic carbocycles. The first kappa shape index (κ1) is 21.6. The van der Waals surface area contributed by atoms with Gasteiger partial charge in [-0.3, -0.25) is 14.4 Å². The zero-order valence-corrected chi connectivity index (χ0v) is 17.9. The first-order valence-electron chi connectivity index (χ1n) is 9.51. The fourth-order valence-corrected chi connectivity index (χ4v) is 3.53. The Bertz CT molecular complexity index is 977. The topological polar surface area (TPSA) is 90.9 Å². The number of aliphatic imine (C=N–C) groups is 1. The number of carbonyl (C=O) groups excluding carboxylic acids is 3. The zero-order chi connectivity index (χ0) is 21.7. The van der Waals surface area contributed by atoms with Gasteiger partial charge < -0.3 is 15.5 Å². The van der Waals surface area contributed by atoms with E-state index in [1.54, 1.807) is 14.0 Å². The highest BCUT2D eigenvalue weighted by molar-refractivity contribution is 7.99. The molecule has 0 aromatic heterocycles. The van der Waals surface area contributed by atoms with Crippen molar-refractivity contribution in [3.8, 4) is 0 Å². The molecule has 0 unspecified atom stereocenters. The number of carbonyl (C=O) groups is 3. The largest absolute Gasteiger partial charge is 0.344 e. The predicted octanol–water partition coefficient (Wildman–Crippen LogP) is 1.81. The third kappa shape index (κ3) is 4.71. The van der Waals surface area contributed by atoms with E-state index in [1.165, 1.54) is 16.7 Å². The molecule has 2 aromatic carbocycles. The van der Waals surface area contributed by atoms with Gasteiger partial charge in [0.1, 0.15) is 6.04 Å². The van der Waals surface area contributed by atoms with Crippen LogP contribution in [0, 0.1) is 0 Å². The molecule has 7 nitrogen and oxygen atoms in total. The van der Waals surface area contributed by atoms with E-state index in [0.717, 1.165) is 11.1 Å². The minimum atomic E-state index is -1.11. The molecule has 30 heavy (non-hydrogen) atoms. The van der Waals surface area contributed by atoms with Crippen LogP contribution >= 0.6 is 11.8 Å². The molecule has 1 aliphatic rings. The second-order valence-electron chi connectivity index (χ2n) is 6.89. The molecule has 0 fully saturated rings. The van der Waals surface area contributed by atoms with E-state index >= 15 is 0 Å². The van der Waals surface area contributed by atoms with E-state index < -0.39 is 18.1 Å². The quantitative estimate of drug-likeness (QED) is 0.740. The van der Waals surface area contributed by atoms with Crippen molar-refractivity contribution in [2.45, 2.75) is 19.1 Å². The Labute approximate surface area is 179 Å². The first-order valence-corrected chi connectivity index (χ1v) is 10.9. The molecule has 3 rings (SSSR count). The summed E-state index contributed by atoms with van der Waals surface area (Å²) < 4.78 is 0. The van der Waals surface area contributed by atoms with E-state index in [4.69, 9.17) is 0 Å². The molecule has 0 spiro atoms. The van der Waals surface area contributed by atoms with Crippen LogP contribution in [0.15, 0.2) is 59.6 Å². The van der Waals surface area contributed by atoms with Crippen LogP contribution in [0.3, 0.4) is 0 Å². The number of likely N-dealkylation sites (N-methyl/N-ethyl adjacent to an activating group) is 1. The van der Waals surface area contributed by atoms with Crippen LogP contribution in [0.4, 0.5) is 5.69 Å². The van der Waals surface area contributed by atoms with Gasteiger partial charge in [-0.15, -0.1) is 0 Å². The summed E-state index contributed by atoms with van der Waals surface area (Å²) in [5, 5.41) is 5.31. The lowest BCUT2D eigenvalue weighted by Crippen LogP contribution is -2.52. The molecule has 2 aromatic rings. The van der Waals surface area contributed by atoms with E-state index in [9.17, 15) is 14.4 Å². The maximum absolute atomic E-state index is 13.1. The van der Waals surface area contributed by atoms with Gasteiger partial charge in [0.25, 0.3) is 5.91 Å². The first-order chi connectivity index (χ1) is 14.4. The maximum atomic E-state index is 13.1. The van der Waals surface area contributed by atoms with Crippen LogP contribution in [-0.4, -0.2) is 54.7 Å². The van der Waals surface area contributed by atoms with Crippen LogP contribution in [0.2, 0.25) is 0 Å². The number of hydrogen-bond acceptors (Lipinski definition) is 5. The zero-order valence-electron chi connectivity index (χ0n) is 17.1. The Kier molecular flexibility index (Phi) is 6.89. The number of rotatable bonds is 6. The molecule has 1 heterocycles. The number of nitrogens with one attached hydrogen (secondary N) is 2. The third-order valence-corrected chi connectivity index (χ3v) is 5.27. The Morgan fingerprint density at radius 2 is 1.80 bits per heavy atom. The van der Waals surface area contributed by atoms with Crippen LogP contribution in [0.5, 0.6) is 0 Å². The number of anilines is 1. The van der Waals surface area contributed by atoms with Gasteiger partial charge in [-0.25, -0.2) is 4.99 Å². The molecule has 1 aliphatic heterocycles. The maximum Gasteiger partial charge on any atom is 0.272 e. The van der Waals surface area contributed by atoms with Gasteiger partial charge in [-0.1, -0.05) is 48.5 Å². The van der Waals surface area contributed by atoms with Crippen LogP contribution in [0.1, 0.15) is 18.1 Å². The standard InChI is InChI=1S/C22H24N4O3S/c1-14(23-18(27)13-30-3)21(28)25-20-22(29)26(2)17-12-8-7-11-16(17)19(24-20)15-9-5-4-6-10-15/h4-12,14,20H,13H2,1-3H3,(H,23,27)(H,25,28)/t14-,20+/m0/s1. The number of amides is 3. The van der Waals surface area contributed by atoms with Crippen LogP contribution < -0.4 is 15.5 Å². The minimum Gasteiger partial charge on any atom is -0.344 e. The van der Waals surface area contributed by atoms with Gasteiger partial charge in [0, 0.05) is 18.2 Å². The SMILES string of the molecule is CSCC(=O)N[C@@H](C)C(=O)N[C@H]1N=C(c2ccccc2)c2ccccc2N(C)C1=O. The smallest absolute Gasteiger partial charge is 0.272 e. The Morgan fingerprint density at radius 1 is 1.13 bits per heavy atom. The van der Waals surface area contributed by atoms with Gasteiger partial charge in [0.2, 0.25) is 18.0 Å². The summed E-state index contributed by atoms with van der Waals surface area (Å²) in [7, 11) is 1.66. The van der Waals surface area contributed by atoms with Gasteiger partial charge in [-0.05, 0) is 19.2 Å². The van der Waals surface area contributed by atoms with Crippen molar-refractivity contribution in [1.29, 1.82) is 0 Å². The Hall–Kier alpha value is -3.13. The fraction of sp³-hybridized carbons (Fsp3) is 0.273. The average Bonchev–Trinajstić information content (AvgIpc) is 2.85. The number of hydrogen-bond donors (Lipinski definition) is 2. The molecule has 2 N–H and O–H groups in total. The van der Waals surface area contributed by atoms with E-state index in [0.29, 0.717) is 11.4 Å². The molecule has 2 atom stereocenters. The van der Waals surface area contributed by atoms with Crippen molar-refractivity contribution in [2.75, 3.05) is 24.0 Å². The van der Waals surface area contributed by atoms with E-state index in [1.807, 2.05) is 60.9 Å². The third-order valence-electron chi connectivity index (χ3n) is 4.72. The summed E-state index contributed by atoms with van der Waals surface area (Å²) in [5.41, 5.74) is 2.97. The molecule has 0 saturated carbocycles. The number of benzene rings is 2. The number of benzodiazepines with no additional fused rings is 1. The summed E-state index contributed by atoms with van der Waals surface area (Å²) >= 11 is 1.37. The van der Waals surface area contributed by atoms with Gasteiger partial charge in [-0.2, -0.15) is 11.8 Å². The van der Waals surface area contributed by atoms with Crippen LogP contribution in [-0.2, 0) is 14.4 Å². The molecule has 156 valence electrons. The van der Waals surface area contributed by atoms with E-state index in [-0.39, 0.29) is 17.6 Å². The summed E-state index contributed by atoms with van der Waals surface area (Å²) in [6.07, 6.45) is 0.701. The second kappa shape index (κ2) is 9.58. The predicted molar refractivity (Wildman–Crippen MR) is 120 cm³/mol. The van der Waals surface area contributed by atoms with Crippen molar-refractivity contribution in [3.05, 3.63) is 65.7 Å². The molecule has 0 bridgehead atoms. The molecule has 0 radical (unpaired) electrons. The summed E-state index contributed by atoms with van der Waals surface area (Å²) in [5.74, 6) is -0.813. The molecule has 0 saturated heterocycles. The lowest BCUT2D eigenvalue weighted by molar-refractivity contribution is -0.130. The van der Waals surface area contributed by atoms with E-state index in [2.05, 4.69) is 15.6 Å². The number of para-hydroxylation sites is 1. The summed E-state index contributed by atoms with van der Waals surface area (Å²) in [6.45, 7) is 1.58. The molecular formula is C22H24N4O3S. The highest BCUT2D eigenvalue weighted by Crippen LogP contribution is 2.27. The molecule has 3 amide bonds. The monoisotopic (exact) mass is 424 g/mol. The van der Waals surface area contributed by atoms with Gasteiger partial charge in [0.15, 0.2) is 0 Å². The summed E-state index contributed by atoms with van der Waals surface area (Å²) in [6, 6.07) is 16.2. The minimum absolute atomic E-state index is 0.240. The van der Waals surface area contributed by atoms with Gasteiger partial charge in [0.05, 0.1) is 17.2 Å². The Balaban J connectivity index is 1.94. The van der Waals surface area contributed by atoms with Gasteiger partial charge >= 0.3 is 0 Å². The average molecular weight is 425 g/mol. The lowest BCUT2D eigenvalue weighted by Gasteiger charge is -2.22.